The number of aryl methyl sites for hydroxylation is 2. The molecule has 1 aliphatic rings. The maximum atomic E-state index is 13.1. The van der Waals surface area contributed by atoms with Crippen molar-refractivity contribution >= 4 is 17.6 Å². The van der Waals surface area contributed by atoms with E-state index in [-0.39, 0.29) is 5.91 Å². The van der Waals surface area contributed by atoms with Crippen LogP contribution in [-0.2, 0) is 4.79 Å². The second kappa shape index (κ2) is 6.31. The summed E-state index contributed by atoms with van der Waals surface area (Å²) in [5.74, 6) is -0.300. The Bertz CT molecular complexity index is 1040. The molecule has 8 heteroatoms. The van der Waals surface area contributed by atoms with Crippen LogP contribution in [0.5, 0.6) is 0 Å². The van der Waals surface area contributed by atoms with Gasteiger partial charge >= 0.3 is 6.03 Å². The van der Waals surface area contributed by atoms with Crippen molar-refractivity contribution in [2.75, 3.05) is 4.90 Å². The normalized spacial score (nSPS) is 16.7. The topological polar surface area (TPSA) is 93.0 Å². The minimum Gasteiger partial charge on any atom is -0.321 e. The van der Waals surface area contributed by atoms with Crippen molar-refractivity contribution < 1.29 is 9.59 Å². The predicted octanol–water partition coefficient (Wildman–Crippen LogP) is 2.39. The SMILES string of the molecule is Cc1ccc(-n2cnnn2)cc1N1C(=O)NC(c2cccc(C)c2C)C1=O. The number of carbonyl (C=O) groups is 2. The maximum Gasteiger partial charge on any atom is 0.329 e. The van der Waals surface area contributed by atoms with Gasteiger partial charge in [-0.1, -0.05) is 24.3 Å². The number of hydrogen-bond acceptors (Lipinski definition) is 5. The molecule has 0 spiro atoms. The number of aromatic nitrogens is 4. The quantitative estimate of drug-likeness (QED) is 0.722. The van der Waals surface area contributed by atoms with Gasteiger partial charge in [0.1, 0.15) is 12.4 Å². The average molecular weight is 362 g/mol. The molecule has 0 radical (unpaired) electrons. The fraction of sp³-hybridized carbons (Fsp3) is 0.211. The van der Waals surface area contributed by atoms with Crippen LogP contribution >= 0.6 is 0 Å². The molecule has 0 aliphatic carbocycles. The molecule has 1 aliphatic heterocycles. The van der Waals surface area contributed by atoms with Crippen molar-refractivity contribution in [2.45, 2.75) is 26.8 Å². The number of anilines is 1. The molecule has 3 amide bonds. The Morgan fingerprint density at radius 3 is 2.59 bits per heavy atom. The molecule has 1 N–H and O–H groups in total. The molecular weight excluding hydrogens is 344 g/mol. The van der Waals surface area contributed by atoms with Gasteiger partial charge in [0.25, 0.3) is 5.91 Å². The van der Waals surface area contributed by atoms with Crippen LogP contribution in [0.3, 0.4) is 0 Å². The van der Waals surface area contributed by atoms with Gasteiger partial charge in [0.15, 0.2) is 0 Å². The number of nitrogens with one attached hydrogen (secondary N) is 1. The van der Waals surface area contributed by atoms with Gasteiger partial charge in [0.05, 0.1) is 11.4 Å². The summed E-state index contributed by atoms with van der Waals surface area (Å²) >= 11 is 0. The van der Waals surface area contributed by atoms with Gasteiger partial charge < -0.3 is 5.32 Å². The van der Waals surface area contributed by atoms with Crippen molar-refractivity contribution in [3.63, 3.8) is 0 Å². The Morgan fingerprint density at radius 2 is 1.85 bits per heavy atom. The molecule has 1 atom stereocenters. The number of benzene rings is 2. The van der Waals surface area contributed by atoms with Gasteiger partial charge in [-0.25, -0.2) is 14.4 Å². The number of urea groups is 1. The van der Waals surface area contributed by atoms with Crippen LogP contribution in [0, 0.1) is 20.8 Å². The summed E-state index contributed by atoms with van der Waals surface area (Å²) in [6.45, 7) is 5.79. The molecule has 3 aromatic rings. The number of carbonyl (C=O) groups excluding carboxylic acids is 2. The Labute approximate surface area is 155 Å². The first-order chi connectivity index (χ1) is 13.0. The second-order valence-electron chi connectivity index (χ2n) is 6.57. The van der Waals surface area contributed by atoms with Crippen LogP contribution in [-0.4, -0.2) is 32.1 Å². The van der Waals surface area contributed by atoms with Crippen LogP contribution in [0.2, 0.25) is 0 Å². The van der Waals surface area contributed by atoms with E-state index in [4.69, 9.17) is 0 Å². The monoisotopic (exact) mass is 362 g/mol. The van der Waals surface area contributed by atoms with E-state index in [0.717, 1.165) is 22.3 Å². The van der Waals surface area contributed by atoms with Crippen LogP contribution < -0.4 is 10.2 Å². The van der Waals surface area contributed by atoms with Crippen LogP contribution in [0.4, 0.5) is 10.5 Å². The molecule has 1 aromatic heterocycles. The maximum absolute atomic E-state index is 13.1. The van der Waals surface area contributed by atoms with Crippen molar-refractivity contribution in [3.05, 3.63) is 65.0 Å². The molecule has 2 heterocycles. The smallest absolute Gasteiger partial charge is 0.321 e. The molecule has 136 valence electrons. The minimum absolute atomic E-state index is 0.300. The number of hydrogen-bond donors (Lipinski definition) is 1. The molecule has 2 aromatic carbocycles. The summed E-state index contributed by atoms with van der Waals surface area (Å²) in [5, 5.41) is 13.9. The highest BCUT2D eigenvalue weighted by Gasteiger charge is 2.41. The molecular formula is C19H18N6O2. The third kappa shape index (κ3) is 2.75. The summed E-state index contributed by atoms with van der Waals surface area (Å²) < 4.78 is 1.48. The largest absolute Gasteiger partial charge is 0.329 e. The van der Waals surface area contributed by atoms with E-state index in [1.165, 1.54) is 15.9 Å². The standard InChI is InChI=1S/C19H18N6O2/c1-11-5-4-6-15(13(11)3)17-18(26)25(19(27)21-17)16-9-14(8-7-12(16)2)24-10-20-22-23-24/h4-10,17H,1-3H3,(H,21,27). The fourth-order valence-electron chi connectivity index (χ4n) is 3.27. The summed E-state index contributed by atoms with van der Waals surface area (Å²) in [5.41, 5.74) is 4.86. The Hall–Kier alpha value is -3.55. The predicted molar refractivity (Wildman–Crippen MR) is 98.6 cm³/mol. The van der Waals surface area contributed by atoms with Crippen LogP contribution in [0.25, 0.3) is 5.69 Å². The highest BCUT2D eigenvalue weighted by molar-refractivity contribution is 6.22. The number of nitrogens with zero attached hydrogens (tertiary/aromatic N) is 5. The van der Waals surface area contributed by atoms with E-state index in [2.05, 4.69) is 20.8 Å². The molecule has 0 saturated carbocycles. The van der Waals surface area contributed by atoms with E-state index in [0.29, 0.717) is 11.4 Å². The molecule has 4 rings (SSSR count). The Morgan fingerprint density at radius 1 is 1.04 bits per heavy atom. The lowest BCUT2D eigenvalue weighted by Gasteiger charge is -2.17. The summed E-state index contributed by atoms with van der Waals surface area (Å²) in [7, 11) is 0. The van der Waals surface area contributed by atoms with E-state index in [9.17, 15) is 9.59 Å². The third-order valence-corrected chi connectivity index (χ3v) is 4.94. The molecule has 1 saturated heterocycles. The zero-order valence-electron chi connectivity index (χ0n) is 15.2. The highest BCUT2D eigenvalue weighted by Crippen LogP contribution is 2.32. The van der Waals surface area contributed by atoms with Crippen molar-refractivity contribution in [1.29, 1.82) is 0 Å². The summed E-state index contributed by atoms with van der Waals surface area (Å²) in [4.78, 5) is 27.0. The number of tetrazole rings is 1. The Kier molecular flexibility index (Phi) is 3.95. The van der Waals surface area contributed by atoms with Crippen LogP contribution in [0.1, 0.15) is 28.3 Å². The number of rotatable bonds is 3. The van der Waals surface area contributed by atoms with Crippen molar-refractivity contribution in [2.24, 2.45) is 0 Å². The molecule has 27 heavy (non-hydrogen) atoms. The summed E-state index contributed by atoms with van der Waals surface area (Å²) in [6, 6.07) is 10.00. The minimum atomic E-state index is -0.700. The average Bonchev–Trinajstić information content (AvgIpc) is 3.27. The first-order valence-corrected chi connectivity index (χ1v) is 8.52. The van der Waals surface area contributed by atoms with Gasteiger partial charge in [-0.2, -0.15) is 0 Å². The van der Waals surface area contributed by atoms with E-state index < -0.39 is 12.1 Å². The van der Waals surface area contributed by atoms with E-state index in [1.54, 1.807) is 6.07 Å². The zero-order valence-corrected chi connectivity index (χ0v) is 15.2. The van der Waals surface area contributed by atoms with Crippen LogP contribution in [0.15, 0.2) is 42.7 Å². The molecule has 8 nitrogen and oxygen atoms in total. The van der Waals surface area contributed by atoms with Crippen molar-refractivity contribution in [1.82, 2.24) is 25.5 Å². The van der Waals surface area contributed by atoms with E-state index >= 15 is 0 Å². The van der Waals surface area contributed by atoms with Gasteiger partial charge in [-0.15, -0.1) is 5.10 Å². The van der Waals surface area contributed by atoms with Crippen molar-refractivity contribution in [3.8, 4) is 5.69 Å². The lowest BCUT2D eigenvalue weighted by molar-refractivity contribution is -0.118. The van der Waals surface area contributed by atoms with Gasteiger partial charge in [0.2, 0.25) is 0 Å². The lowest BCUT2D eigenvalue weighted by Crippen LogP contribution is -2.31. The van der Waals surface area contributed by atoms with E-state index in [1.807, 2.05) is 51.1 Å². The fourth-order valence-corrected chi connectivity index (χ4v) is 3.27. The second-order valence-corrected chi connectivity index (χ2v) is 6.57. The Balaban J connectivity index is 1.75. The van der Waals surface area contributed by atoms with Gasteiger partial charge in [-0.05, 0) is 65.6 Å². The van der Waals surface area contributed by atoms with Gasteiger partial charge in [-0.3, -0.25) is 4.79 Å². The highest BCUT2D eigenvalue weighted by atomic mass is 16.2. The zero-order chi connectivity index (χ0) is 19.1. The first-order valence-electron chi connectivity index (χ1n) is 8.52. The third-order valence-electron chi connectivity index (χ3n) is 4.94. The first kappa shape index (κ1) is 16.9. The number of imide groups is 1. The number of amides is 3. The van der Waals surface area contributed by atoms with Gasteiger partial charge in [0, 0.05) is 0 Å². The molecule has 0 bridgehead atoms. The molecule has 1 fully saturated rings. The molecule has 1 unspecified atom stereocenters. The summed E-state index contributed by atoms with van der Waals surface area (Å²) in [6.07, 6.45) is 1.46. The lowest BCUT2D eigenvalue weighted by atomic mass is 9.97.